The van der Waals surface area contributed by atoms with E-state index in [-0.39, 0.29) is 11.9 Å². The van der Waals surface area contributed by atoms with Crippen LogP contribution in [0.25, 0.3) is 11.3 Å². The average molecular weight is 405 g/mol. The molecule has 5 heteroatoms. The number of carbonyl (C=O) groups is 1. The normalized spacial score (nSPS) is 16.0. The molecule has 0 radical (unpaired) electrons. The number of ether oxygens (including phenoxy) is 1. The summed E-state index contributed by atoms with van der Waals surface area (Å²) >= 11 is 0. The lowest BCUT2D eigenvalue weighted by atomic mass is 10.0. The van der Waals surface area contributed by atoms with Crippen molar-refractivity contribution in [2.45, 2.75) is 45.1 Å². The summed E-state index contributed by atoms with van der Waals surface area (Å²) in [5.41, 5.74) is 2.20. The topological polar surface area (TPSA) is 55.6 Å². The predicted octanol–water partition coefficient (Wildman–Crippen LogP) is 5.43. The molecular formula is C25H28N2O3. The Hall–Kier alpha value is -3.08. The van der Waals surface area contributed by atoms with E-state index in [4.69, 9.17) is 9.15 Å². The van der Waals surface area contributed by atoms with Gasteiger partial charge in [0.15, 0.2) is 11.7 Å². The first-order valence-electron chi connectivity index (χ1n) is 10.8. The maximum atomic E-state index is 12.9. The molecular weight excluding hydrogens is 376 g/mol. The van der Waals surface area contributed by atoms with E-state index in [1.54, 1.807) is 6.20 Å². The summed E-state index contributed by atoms with van der Waals surface area (Å²) < 4.78 is 11.4. The lowest BCUT2D eigenvalue weighted by molar-refractivity contribution is -0.132. The molecule has 1 aromatic heterocycles. The average Bonchev–Trinajstić information content (AvgIpc) is 3.45. The van der Waals surface area contributed by atoms with Gasteiger partial charge >= 0.3 is 0 Å². The lowest BCUT2D eigenvalue weighted by Crippen LogP contribution is -2.30. The Morgan fingerprint density at radius 1 is 1.17 bits per heavy atom. The van der Waals surface area contributed by atoms with Gasteiger partial charge in [-0.2, -0.15) is 0 Å². The van der Waals surface area contributed by atoms with Gasteiger partial charge in [0.2, 0.25) is 5.91 Å². The van der Waals surface area contributed by atoms with E-state index in [1.807, 2.05) is 54.3 Å². The molecule has 1 aliphatic heterocycles. The summed E-state index contributed by atoms with van der Waals surface area (Å²) in [5.74, 6) is 2.54. The number of amides is 1. The second-order valence-corrected chi connectivity index (χ2v) is 7.59. The zero-order valence-electron chi connectivity index (χ0n) is 17.4. The van der Waals surface area contributed by atoms with Crippen LogP contribution >= 0.6 is 0 Å². The molecule has 0 saturated carbocycles. The Morgan fingerprint density at radius 3 is 2.73 bits per heavy atom. The minimum absolute atomic E-state index is 0.166. The number of benzene rings is 2. The van der Waals surface area contributed by atoms with Crippen molar-refractivity contribution < 1.29 is 13.9 Å². The Balaban J connectivity index is 1.31. The van der Waals surface area contributed by atoms with Crippen molar-refractivity contribution in [1.82, 2.24) is 9.88 Å². The lowest BCUT2D eigenvalue weighted by Gasteiger charge is -2.25. The molecule has 1 unspecified atom stereocenters. The summed E-state index contributed by atoms with van der Waals surface area (Å²) in [6.07, 6.45) is 5.73. The van der Waals surface area contributed by atoms with Crippen LogP contribution in [0, 0.1) is 0 Å². The van der Waals surface area contributed by atoms with Crippen LogP contribution in [0.5, 0.6) is 5.75 Å². The van der Waals surface area contributed by atoms with Crippen molar-refractivity contribution in [1.29, 1.82) is 0 Å². The first-order valence-corrected chi connectivity index (χ1v) is 10.8. The van der Waals surface area contributed by atoms with Crippen LogP contribution < -0.4 is 4.74 Å². The predicted molar refractivity (Wildman–Crippen MR) is 116 cm³/mol. The molecule has 2 heterocycles. The number of nitrogens with zero attached hydrogens (tertiary/aromatic N) is 2. The van der Waals surface area contributed by atoms with Crippen LogP contribution in [0.1, 0.15) is 50.1 Å². The van der Waals surface area contributed by atoms with Crippen molar-refractivity contribution in [3.05, 3.63) is 72.2 Å². The molecule has 1 saturated heterocycles. The molecule has 2 aromatic carbocycles. The highest BCUT2D eigenvalue weighted by molar-refractivity contribution is 5.77. The van der Waals surface area contributed by atoms with Crippen LogP contribution in [0.15, 0.2) is 65.2 Å². The van der Waals surface area contributed by atoms with Crippen LogP contribution in [-0.2, 0) is 11.2 Å². The van der Waals surface area contributed by atoms with Crippen molar-refractivity contribution in [2.24, 2.45) is 0 Å². The number of aromatic nitrogens is 1. The summed E-state index contributed by atoms with van der Waals surface area (Å²) in [4.78, 5) is 19.3. The van der Waals surface area contributed by atoms with Crippen LogP contribution in [0.2, 0.25) is 0 Å². The van der Waals surface area contributed by atoms with Crippen LogP contribution in [0.4, 0.5) is 0 Å². The third-order valence-corrected chi connectivity index (χ3v) is 5.54. The van der Waals surface area contributed by atoms with Crippen molar-refractivity contribution in [3.8, 4) is 17.1 Å². The summed E-state index contributed by atoms with van der Waals surface area (Å²) in [6, 6.07) is 18.3. The molecule has 0 spiro atoms. The van der Waals surface area contributed by atoms with Gasteiger partial charge in [-0.25, -0.2) is 4.98 Å². The molecule has 1 aliphatic rings. The van der Waals surface area contributed by atoms with E-state index in [0.717, 1.165) is 42.9 Å². The summed E-state index contributed by atoms with van der Waals surface area (Å²) in [7, 11) is 0. The van der Waals surface area contributed by atoms with Crippen molar-refractivity contribution in [3.63, 3.8) is 0 Å². The molecule has 0 N–H and O–H groups in total. The minimum Gasteiger partial charge on any atom is -0.494 e. The molecule has 4 rings (SSSR count). The van der Waals surface area contributed by atoms with E-state index < -0.39 is 0 Å². The third kappa shape index (κ3) is 4.73. The number of aryl methyl sites for hydroxylation is 1. The van der Waals surface area contributed by atoms with Gasteiger partial charge < -0.3 is 14.1 Å². The molecule has 1 fully saturated rings. The first-order chi connectivity index (χ1) is 14.7. The number of likely N-dealkylation sites (tertiary alicyclic amines) is 1. The number of hydrogen-bond donors (Lipinski definition) is 0. The highest BCUT2D eigenvalue weighted by Gasteiger charge is 2.29. The Labute approximate surface area is 177 Å². The fraction of sp³-hybridized carbons (Fsp3) is 0.360. The maximum Gasteiger partial charge on any atom is 0.223 e. The Kier molecular flexibility index (Phi) is 6.47. The first kappa shape index (κ1) is 20.2. The second-order valence-electron chi connectivity index (χ2n) is 7.59. The van der Waals surface area contributed by atoms with E-state index in [1.165, 1.54) is 5.56 Å². The van der Waals surface area contributed by atoms with Crippen molar-refractivity contribution in [2.75, 3.05) is 13.2 Å². The molecule has 30 heavy (non-hydrogen) atoms. The quantitative estimate of drug-likeness (QED) is 0.503. The molecule has 0 aliphatic carbocycles. The van der Waals surface area contributed by atoms with E-state index in [2.05, 4.69) is 17.1 Å². The minimum atomic E-state index is 0.166. The third-order valence-electron chi connectivity index (χ3n) is 5.54. The molecule has 5 nitrogen and oxygen atoms in total. The van der Waals surface area contributed by atoms with Gasteiger partial charge in [-0.15, -0.1) is 0 Å². The van der Waals surface area contributed by atoms with Gasteiger partial charge in [0, 0.05) is 24.9 Å². The summed E-state index contributed by atoms with van der Waals surface area (Å²) in [6.45, 7) is 3.46. The van der Waals surface area contributed by atoms with Gasteiger partial charge in [-0.1, -0.05) is 42.5 Å². The Bertz CT molecular complexity index is 950. The smallest absolute Gasteiger partial charge is 0.223 e. The van der Waals surface area contributed by atoms with Gasteiger partial charge in [-0.05, 0) is 43.9 Å². The zero-order chi connectivity index (χ0) is 20.8. The molecule has 156 valence electrons. The van der Waals surface area contributed by atoms with Gasteiger partial charge in [-0.3, -0.25) is 4.79 Å². The number of carbonyl (C=O) groups excluding carboxylic acids is 1. The van der Waals surface area contributed by atoms with Gasteiger partial charge in [0.1, 0.15) is 5.75 Å². The SMILES string of the molecule is CCOc1ccc(C2CCCN2C(=O)CCCc2ncc(-c3ccccc3)o2)cc1. The van der Waals surface area contributed by atoms with Gasteiger partial charge in [0.25, 0.3) is 0 Å². The fourth-order valence-electron chi connectivity index (χ4n) is 4.06. The number of oxazole rings is 1. The van der Waals surface area contributed by atoms with Crippen LogP contribution in [-0.4, -0.2) is 28.9 Å². The zero-order valence-corrected chi connectivity index (χ0v) is 17.4. The largest absolute Gasteiger partial charge is 0.494 e. The molecule has 0 bridgehead atoms. The van der Waals surface area contributed by atoms with Crippen LogP contribution in [0.3, 0.4) is 0 Å². The van der Waals surface area contributed by atoms with E-state index in [9.17, 15) is 4.79 Å². The molecule has 3 aromatic rings. The van der Waals surface area contributed by atoms with Gasteiger partial charge in [0.05, 0.1) is 18.8 Å². The standard InChI is InChI=1S/C25H28N2O3/c1-2-29-21-15-13-19(14-16-21)22-10-7-17-27(22)25(28)12-6-11-24-26-18-23(30-24)20-8-4-3-5-9-20/h3-5,8-9,13-16,18,22H,2,6-7,10-12,17H2,1H3. The molecule has 1 atom stereocenters. The van der Waals surface area contributed by atoms with E-state index in [0.29, 0.717) is 25.3 Å². The highest BCUT2D eigenvalue weighted by Crippen LogP contribution is 2.33. The molecule has 1 amide bonds. The monoisotopic (exact) mass is 404 g/mol. The second kappa shape index (κ2) is 9.61. The summed E-state index contributed by atoms with van der Waals surface area (Å²) in [5, 5.41) is 0. The fourth-order valence-corrected chi connectivity index (χ4v) is 4.06. The number of rotatable bonds is 8. The highest BCUT2D eigenvalue weighted by atomic mass is 16.5. The maximum absolute atomic E-state index is 12.9. The van der Waals surface area contributed by atoms with Crippen molar-refractivity contribution >= 4 is 5.91 Å². The van der Waals surface area contributed by atoms with E-state index >= 15 is 0 Å². The number of hydrogen-bond acceptors (Lipinski definition) is 4. The Morgan fingerprint density at radius 2 is 1.97 bits per heavy atom.